The Hall–Kier alpha value is -1.36. The highest BCUT2D eigenvalue weighted by atomic mass is 32.2. The Labute approximate surface area is 104 Å². The average Bonchev–Trinajstić information content (AvgIpc) is 2.17. The number of fused-ring (bicyclic) bond motifs is 1. The van der Waals surface area contributed by atoms with Crippen molar-refractivity contribution in [2.24, 2.45) is 0 Å². The Morgan fingerprint density at radius 1 is 1.29 bits per heavy atom. The molecule has 0 aliphatic heterocycles. The molecule has 0 bridgehead atoms. The van der Waals surface area contributed by atoms with Crippen LogP contribution in [0.5, 0.6) is 0 Å². The fourth-order valence-electron chi connectivity index (χ4n) is 1.48. The first kappa shape index (κ1) is 12.1. The van der Waals surface area contributed by atoms with E-state index in [1.54, 1.807) is 6.20 Å². The van der Waals surface area contributed by atoms with Crippen LogP contribution in [-0.4, -0.2) is 19.1 Å². The predicted octanol–water partition coefficient (Wildman–Crippen LogP) is 2.29. The molecule has 0 atom stereocenters. The van der Waals surface area contributed by atoms with Crippen molar-refractivity contribution in [1.82, 2.24) is 14.4 Å². The number of hydrogen-bond donors (Lipinski definition) is 0. The molecule has 5 heteroatoms. The molecular formula is C12H15N3OS. The third-order valence-electron chi connectivity index (χ3n) is 2.16. The lowest BCUT2D eigenvalue weighted by Crippen LogP contribution is -2.21. The van der Waals surface area contributed by atoms with Crippen molar-refractivity contribution in [2.75, 3.05) is 0 Å². The van der Waals surface area contributed by atoms with Crippen molar-refractivity contribution in [1.29, 1.82) is 0 Å². The van der Waals surface area contributed by atoms with Crippen LogP contribution >= 0.6 is 11.8 Å². The fourth-order valence-corrected chi connectivity index (χ4v) is 2.28. The molecule has 0 unspecified atom stereocenters. The first-order valence-electron chi connectivity index (χ1n) is 5.42. The molecule has 2 aromatic rings. The molecule has 2 aromatic heterocycles. The standard InChI is InChI=1S/C12H15N3OS/c1-8-6-5-7-15-9(8)13-10(14-11(15)16)17-12(2,3)4/h5-7H,1-4H3. The zero-order valence-corrected chi connectivity index (χ0v) is 11.2. The van der Waals surface area contributed by atoms with Crippen molar-refractivity contribution in [3.63, 3.8) is 0 Å². The van der Waals surface area contributed by atoms with Crippen molar-refractivity contribution in [2.45, 2.75) is 37.6 Å². The third kappa shape index (κ3) is 2.66. The molecule has 17 heavy (non-hydrogen) atoms. The van der Waals surface area contributed by atoms with E-state index in [0.29, 0.717) is 10.8 Å². The molecule has 0 N–H and O–H groups in total. The van der Waals surface area contributed by atoms with Crippen molar-refractivity contribution in [3.05, 3.63) is 34.4 Å². The van der Waals surface area contributed by atoms with E-state index in [1.165, 1.54) is 16.2 Å². The lowest BCUT2D eigenvalue weighted by atomic mass is 10.3. The van der Waals surface area contributed by atoms with Crippen LogP contribution in [0, 0.1) is 6.92 Å². The van der Waals surface area contributed by atoms with E-state index in [4.69, 9.17) is 0 Å². The lowest BCUT2D eigenvalue weighted by Gasteiger charge is -2.15. The maximum absolute atomic E-state index is 11.8. The van der Waals surface area contributed by atoms with Gasteiger partial charge in [-0.1, -0.05) is 38.6 Å². The summed E-state index contributed by atoms with van der Waals surface area (Å²) in [5.74, 6) is 0. The molecule has 0 fully saturated rings. The topological polar surface area (TPSA) is 47.3 Å². The Kier molecular flexibility index (Phi) is 2.95. The third-order valence-corrected chi connectivity index (χ3v) is 3.14. The van der Waals surface area contributed by atoms with E-state index < -0.39 is 0 Å². The number of pyridine rings is 1. The largest absolute Gasteiger partial charge is 0.355 e. The molecule has 0 saturated carbocycles. The molecule has 2 rings (SSSR count). The summed E-state index contributed by atoms with van der Waals surface area (Å²) in [5, 5.41) is 0.539. The number of aryl methyl sites for hydroxylation is 1. The van der Waals surface area contributed by atoms with Crippen LogP contribution < -0.4 is 5.69 Å². The minimum absolute atomic E-state index is 0.00648. The van der Waals surface area contributed by atoms with Crippen LogP contribution in [0.3, 0.4) is 0 Å². The molecule has 0 aliphatic rings. The number of nitrogens with zero attached hydrogens (tertiary/aromatic N) is 3. The summed E-state index contributed by atoms with van der Waals surface area (Å²) in [6.45, 7) is 8.15. The SMILES string of the molecule is Cc1cccn2c(=O)nc(SC(C)(C)C)nc12. The molecule has 0 aromatic carbocycles. The Bertz CT molecular complexity index is 613. The molecule has 2 heterocycles. The van der Waals surface area contributed by atoms with Gasteiger partial charge >= 0.3 is 5.69 Å². The molecule has 0 spiro atoms. The summed E-state index contributed by atoms with van der Waals surface area (Å²) in [7, 11) is 0. The number of hydrogen-bond acceptors (Lipinski definition) is 4. The van der Waals surface area contributed by atoms with Gasteiger partial charge in [0.05, 0.1) is 0 Å². The summed E-state index contributed by atoms with van der Waals surface area (Å²) in [6.07, 6.45) is 1.69. The van der Waals surface area contributed by atoms with E-state index in [1.807, 2.05) is 19.1 Å². The second-order valence-electron chi connectivity index (χ2n) is 4.89. The molecule has 0 aliphatic carbocycles. The lowest BCUT2D eigenvalue weighted by molar-refractivity contribution is 0.779. The highest BCUT2D eigenvalue weighted by molar-refractivity contribution is 8.00. The van der Waals surface area contributed by atoms with E-state index in [9.17, 15) is 4.79 Å². The Morgan fingerprint density at radius 3 is 2.65 bits per heavy atom. The monoisotopic (exact) mass is 249 g/mol. The minimum atomic E-state index is -0.273. The van der Waals surface area contributed by atoms with Gasteiger partial charge in [-0.25, -0.2) is 9.78 Å². The molecular weight excluding hydrogens is 234 g/mol. The van der Waals surface area contributed by atoms with Gasteiger partial charge in [-0.05, 0) is 18.6 Å². The van der Waals surface area contributed by atoms with Crippen molar-refractivity contribution >= 4 is 17.4 Å². The molecule has 0 saturated heterocycles. The van der Waals surface area contributed by atoms with E-state index in [-0.39, 0.29) is 10.4 Å². The van der Waals surface area contributed by atoms with Crippen LogP contribution in [-0.2, 0) is 0 Å². The van der Waals surface area contributed by atoms with Crippen LogP contribution in [0.25, 0.3) is 5.65 Å². The second kappa shape index (κ2) is 4.14. The summed E-state index contributed by atoms with van der Waals surface area (Å²) >= 11 is 1.50. The average molecular weight is 249 g/mol. The van der Waals surface area contributed by atoms with Gasteiger partial charge in [0.2, 0.25) is 0 Å². The number of rotatable bonds is 1. The van der Waals surface area contributed by atoms with Gasteiger partial charge < -0.3 is 0 Å². The van der Waals surface area contributed by atoms with Crippen molar-refractivity contribution < 1.29 is 0 Å². The minimum Gasteiger partial charge on any atom is -0.251 e. The maximum atomic E-state index is 11.8. The predicted molar refractivity (Wildman–Crippen MR) is 69.6 cm³/mol. The normalized spacial score (nSPS) is 12.0. The molecule has 90 valence electrons. The summed E-state index contributed by atoms with van der Waals surface area (Å²) in [6, 6.07) is 3.76. The smallest absolute Gasteiger partial charge is 0.251 e. The molecule has 0 radical (unpaired) electrons. The quantitative estimate of drug-likeness (QED) is 0.727. The van der Waals surface area contributed by atoms with Gasteiger partial charge in [0.25, 0.3) is 0 Å². The van der Waals surface area contributed by atoms with Gasteiger partial charge in [0.1, 0.15) is 5.65 Å². The van der Waals surface area contributed by atoms with Gasteiger partial charge in [-0.15, -0.1) is 0 Å². The van der Waals surface area contributed by atoms with Crippen LogP contribution in [0.15, 0.2) is 28.3 Å². The zero-order valence-electron chi connectivity index (χ0n) is 10.4. The van der Waals surface area contributed by atoms with Crippen LogP contribution in [0.2, 0.25) is 0 Å². The number of thioether (sulfide) groups is 1. The second-order valence-corrected chi connectivity index (χ2v) is 6.68. The van der Waals surface area contributed by atoms with E-state index in [2.05, 4.69) is 30.7 Å². The summed E-state index contributed by atoms with van der Waals surface area (Å²) in [4.78, 5) is 20.3. The van der Waals surface area contributed by atoms with Gasteiger partial charge in [0.15, 0.2) is 5.16 Å². The first-order chi connectivity index (χ1) is 7.87. The van der Waals surface area contributed by atoms with Crippen molar-refractivity contribution in [3.8, 4) is 0 Å². The van der Waals surface area contributed by atoms with Gasteiger partial charge in [-0.2, -0.15) is 4.98 Å². The summed E-state index contributed by atoms with van der Waals surface area (Å²) in [5.41, 5.74) is 1.38. The molecule has 0 amide bonds. The Morgan fingerprint density at radius 2 is 2.00 bits per heavy atom. The number of aromatic nitrogens is 3. The Balaban J connectivity index is 2.63. The van der Waals surface area contributed by atoms with E-state index in [0.717, 1.165) is 5.56 Å². The molecule has 4 nitrogen and oxygen atoms in total. The first-order valence-corrected chi connectivity index (χ1v) is 6.23. The van der Waals surface area contributed by atoms with Crippen LogP contribution in [0.1, 0.15) is 26.3 Å². The summed E-state index contributed by atoms with van der Waals surface area (Å²) < 4.78 is 1.47. The van der Waals surface area contributed by atoms with Gasteiger partial charge in [-0.3, -0.25) is 4.40 Å². The van der Waals surface area contributed by atoms with Crippen LogP contribution in [0.4, 0.5) is 0 Å². The van der Waals surface area contributed by atoms with E-state index >= 15 is 0 Å². The highest BCUT2D eigenvalue weighted by Crippen LogP contribution is 2.28. The fraction of sp³-hybridized carbons (Fsp3) is 0.417. The highest BCUT2D eigenvalue weighted by Gasteiger charge is 2.15. The maximum Gasteiger partial charge on any atom is 0.355 e. The zero-order chi connectivity index (χ0) is 12.6. The van der Waals surface area contributed by atoms with Gasteiger partial charge in [0, 0.05) is 10.9 Å².